The van der Waals surface area contributed by atoms with Gasteiger partial charge in [-0.15, -0.1) is 0 Å². The number of benzene rings is 2. The van der Waals surface area contributed by atoms with E-state index in [-0.39, 0.29) is 11.7 Å². The molecule has 1 atom stereocenters. The van der Waals surface area contributed by atoms with Crippen molar-refractivity contribution in [1.29, 1.82) is 0 Å². The molecule has 2 aromatic rings. The van der Waals surface area contributed by atoms with Crippen LogP contribution in [0, 0.1) is 5.82 Å². The molecule has 1 N–H and O–H groups in total. The normalized spacial score (nSPS) is 16.7. The summed E-state index contributed by atoms with van der Waals surface area (Å²) < 4.78 is 18.9. The Morgan fingerprint density at radius 1 is 1.23 bits per heavy atom. The average Bonchev–Trinajstić information content (AvgIpc) is 3.14. The molecule has 1 fully saturated rings. The van der Waals surface area contributed by atoms with Crippen LogP contribution in [-0.2, 0) is 17.9 Å². The molecule has 1 heterocycles. The van der Waals surface area contributed by atoms with Crippen LogP contribution in [0.2, 0.25) is 0 Å². The smallest absolute Gasteiger partial charge is 0.222 e. The monoisotopic (exact) mass is 356 g/mol. The largest absolute Gasteiger partial charge is 0.489 e. The van der Waals surface area contributed by atoms with Crippen molar-refractivity contribution in [2.75, 3.05) is 13.1 Å². The van der Waals surface area contributed by atoms with E-state index in [1.807, 2.05) is 42.2 Å². The summed E-state index contributed by atoms with van der Waals surface area (Å²) in [5.41, 5.74) is 1.98. The maximum atomic E-state index is 13.2. The predicted molar refractivity (Wildman–Crippen MR) is 99.3 cm³/mol. The molecule has 0 aliphatic carbocycles. The second-order valence-electron chi connectivity index (χ2n) is 6.62. The Morgan fingerprint density at radius 2 is 2.04 bits per heavy atom. The fourth-order valence-electron chi connectivity index (χ4n) is 3.14. The molecule has 4 nitrogen and oxygen atoms in total. The lowest BCUT2D eigenvalue weighted by Crippen LogP contribution is -2.34. The molecule has 1 saturated heterocycles. The molecule has 0 spiro atoms. The fourth-order valence-corrected chi connectivity index (χ4v) is 3.14. The fraction of sp³-hybridized carbons (Fsp3) is 0.381. The second-order valence-corrected chi connectivity index (χ2v) is 6.62. The van der Waals surface area contributed by atoms with E-state index in [1.165, 1.54) is 17.7 Å². The van der Waals surface area contributed by atoms with Crippen LogP contribution in [0.3, 0.4) is 0 Å². The van der Waals surface area contributed by atoms with Gasteiger partial charge in [-0.1, -0.05) is 31.2 Å². The third kappa shape index (κ3) is 5.05. The van der Waals surface area contributed by atoms with Crippen molar-refractivity contribution in [3.8, 4) is 5.75 Å². The molecule has 5 heteroatoms. The second kappa shape index (κ2) is 8.81. The molecule has 138 valence electrons. The molecule has 0 saturated carbocycles. The molecule has 0 bridgehead atoms. The molecule has 2 aromatic carbocycles. The SMILES string of the molecule is CCC(=O)N1CCC(NCc2ccc(OCc3cccc(F)c3)cc2)C1. The summed E-state index contributed by atoms with van der Waals surface area (Å²) >= 11 is 0. The Kier molecular flexibility index (Phi) is 6.23. The Hall–Kier alpha value is -2.40. The van der Waals surface area contributed by atoms with Crippen LogP contribution in [0.15, 0.2) is 48.5 Å². The minimum Gasteiger partial charge on any atom is -0.489 e. The molecule has 1 aliphatic rings. The van der Waals surface area contributed by atoms with Crippen LogP contribution in [0.25, 0.3) is 0 Å². The Bertz CT molecular complexity index is 733. The Labute approximate surface area is 154 Å². The van der Waals surface area contributed by atoms with Gasteiger partial charge in [0.15, 0.2) is 0 Å². The van der Waals surface area contributed by atoms with E-state index in [0.29, 0.717) is 19.1 Å². The number of hydrogen-bond donors (Lipinski definition) is 1. The van der Waals surface area contributed by atoms with Crippen molar-refractivity contribution in [2.45, 2.75) is 39.0 Å². The third-order valence-corrected chi connectivity index (χ3v) is 4.66. The molecular formula is C21H25FN2O2. The highest BCUT2D eigenvalue weighted by Gasteiger charge is 2.24. The first kappa shape index (κ1) is 18.4. The number of rotatable bonds is 7. The van der Waals surface area contributed by atoms with Gasteiger partial charge in [-0.25, -0.2) is 4.39 Å². The number of likely N-dealkylation sites (tertiary alicyclic amines) is 1. The van der Waals surface area contributed by atoms with Crippen molar-refractivity contribution in [2.24, 2.45) is 0 Å². The van der Waals surface area contributed by atoms with Crippen molar-refractivity contribution >= 4 is 5.91 Å². The zero-order chi connectivity index (χ0) is 18.4. The topological polar surface area (TPSA) is 41.6 Å². The zero-order valence-electron chi connectivity index (χ0n) is 15.1. The highest BCUT2D eigenvalue weighted by Crippen LogP contribution is 2.16. The average molecular weight is 356 g/mol. The molecule has 26 heavy (non-hydrogen) atoms. The number of hydrogen-bond acceptors (Lipinski definition) is 3. The summed E-state index contributed by atoms with van der Waals surface area (Å²) in [6.45, 7) is 4.65. The number of nitrogens with one attached hydrogen (secondary N) is 1. The van der Waals surface area contributed by atoms with E-state index >= 15 is 0 Å². The van der Waals surface area contributed by atoms with Crippen LogP contribution in [0.1, 0.15) is 30.9 Å². The zero-order valence-corrected chi connectivity index (χ0v) is 15.1. The molecule has 1 aliphatic heterocycles. The van der Waals surface area contributed by atoms with E-state index in [9.17, 15) is 9.18 Å². The maximum Gasteiger partial charge on any atom is 0.222 e. The van der Waals surface area contributed by atoms with Crippen LogP contribution in [0.4, 0.5) is 4.39 Å². The van der Waals surface area contributed by atoms with Crippen molar-refractivity contribution in [3.05, 3.63) is 65.5 Å². The first-order chi connectivity index (χ1) is 12.6. The summed E-state index contributed by atoms with van der Waals surface area (Å²) in [5.74, 6) is 0.742. The number of halogens is 1. The van der Waals surface area contributed by atoms with Crippen LogP contribution < -0.4 is 10.1 Å². The Morgan fingerprint density at radius 3 is 2.77 bits per heavy atom. The maximum absolute atomic E-state index is 13.2. The van der Waals surface area contributed by atoms with Crippen LogP contribution in [-0.4, -0.2) is 29.9 Å². The molecule has 0 aromatic heterocycles. The van der Waals surface area contributed by atoms with Crippen molar-refractivity contribution in [1.82, 2.24) is 10.2 Å². The van der Waals surface area contributed by atoms with Gasteiger partial charge < -0.3 is 15.0 Å². The lowest BCUT2D eigenvalue weighted by Gasteiger charge is -2.16. The van der Waals surface area contributed by atoms with Gasteiger partial charge in [-0.2, -0.15) is 0 Å². The van der Waals surface area contributed by atoms with Gasteiger partial charge >= 0.3 is 0 Å². The van der Waals surface area contributed by atoms with Gasteiger partial charge in [0.1, 0.15) is 18.2 Å². The molecular weight excluding hydrogens is 331 g/mol. The highest BCUT2D eigenvalue weighted by atomic mass is 19.1. The molecule has 1 unspecified atom stereocenters. The minimum atomic E-state index is -0.251. The van der Waals surface area contributed by atoms with E-state index in [2.05, 4.69) is 5.32 Å². The van der Waals surface area contributed by atoms with Gasteiger partial charge in [0, 0.05) is 32.1 Å². The number of carbonyl (C=O) groups is 1. The van der Waals surface area contributed by atoms with E-state index < -0.39 is 0 Å². The summed E-state index contributed by atoms with van der Waals surface area (Å²) in [4.78, 5) is 13.6. The van der Waals surface area contributed by atoms with Gasteiger partial charge in [0.05, 0.1) is 0 Å². The van der Waals surface area contributed by atoms with Crippen LogP contribution >= 0.6 is 0 Å². The quantitative estimate of drug-likeness (QED) is 0.825. The standard InChI is InChI=1S/C21H25FN2O2/c1-2-21(25)24-11-10-19(14-24)23-13-16-6-8-20(9-7-16)26-15-17-4-3-5-18(22)12-17/h3-9,12,19,23H,2,10-11,13-15H2,1H3. The molecule has 1 amide bonds. The van der Waals surface area contributed by atoms with Crippen molar-refractivity contribution < 1.29 is 13.9 Å². The number of ether oxygens (including phenoxy) is 1. The number of nitrogens with zero attached hydrogens (tertiary/aromatic N) is 1. The van der Waals surface area contributed by atoms with Gasteiger partial charge in [-0.05, 0) is 41.8 Å². The Balaban J connectivity index is 1.44. The molecule has 0 radical (unpaired) electrons. The summed E-state index contributed by atoms with van der Waals surface area (Å²) in [7, 11) is 0. The third-order valence-electron chi connectivity index (χ3n) is 4.66. The predicted octanol–water partition coefficient (Wildman–Crippen LogP) is 3.51. The highest BCUT2D eigenvalue weighted by molar-refractivity contribution is 5.76. The van der Waals surface area contributed by atoms with Gasteiger partial charge in [-0.3, -0.25) is 4.79 Å². The molecule has 3 rings (SSSR count). The van der Waals surface area contributed by atoms with E-state index in [1.54, 1.807) is 6.07 Å². The first-order valence-corrected chi connectivity index (χ1v) is 9.11. The first-order valence-electron chi connectivity index (χ1n) is 9.11. The lowest BCUT2D eigenvalue weighted by atomic mass is 10.2. The summed E-state index contributed by atoms with van der Waals surface area (Å²) in [5, 5.41) is 3.51. The van der Waals surface area contributed by atoms with Crippen LogP contribution in [0.5, 0.6) is 5.75 Å². The minimum absolute atomic E-state index is 0.231. The van der Waals surface area contributed by atoms with Gasteiger partial charge in [0.25, 0.3) is 0 Å². The van der Waals surface area contributed by atoms with Crippen molar-refractivity contribution in [3.63, 3.8) is 0 Å². The number of carbonyl (C=O) groups excluding carboxylic acids is 1. The van der Waals surface area contributed by atoms with Gasteiger partial charge in [0.2, 0.25) is 5.91 Å². The number of amides is 1. The summed E-state index contributed by atoms with van der Waals surface area (Å²) in [6.07, 6.45) is 1.57. The van der Waals surface area contributed by atoms with E-state index in [4.69, 9.17) is 4.74 Å². The van der Waals surface area contributed by atoms with E-state index in [0.717, 1.165) is 37.4 Å². The lowest BCUT2D eigenvalue weighted by molar-refractivity contribution is -0.129. The summed E-state index contributed by atoms with van der Waals surface area (Å²) in [6, 6.07) is 14.7.